The smallest absolute Gasteiger partial charge is 0.170 e. The number of phenols is 1. The molecule has 3 rings (SSSR count). The highest BCUT2D eigenvalue weighted by molar-refractivity contribution is 5.94. The summed E-state index contributed by atoms with van der Waals surface area (Å²) in [5.41, 5.74) is 2.06. The van der Waals surface area contributed by atoms with Gasteiger partial charge in [0.15, 0.2) is 11.4 Å². The highest BCUT2D eigenvalue weighted by atomic mass is 19.1. The van der Waals surface area contributed by atoms with Gasteiger partial charge in [0.05, 0.1) is 6.26 Å². The maximum Gasteiger partial charge on any atom is 0.170 e. The molecule has 1 aromatic heterocycles. The predicted octanol–water partition coefficient (Wildman–Crippen LogP) is 3.94. The Morgan fingerprint density at radius 2 is 1.71 bits per heavy atom. The lowest BCUT2D eigenvalue weighted by Crippen LogP contribution is -1.81. The van der Waals surface area contributed by atoms with E-state index in [1.165, 1.54) is 12.3 Å². The van der Waals surface area contributed by atoms with Gasteiger partial charge in [-0.2, -0.15) is 0 Å². The highest BCUT2D eigenvalue weighted by Gasteiger charge is 2.10. The Balaban J connectivity index is 2.27. The minimum atomic E-state index is -0.368. The average molecular weight is 228 g/mol. The highest BCUT2D eigenvalue weighted by Crippen LogP contribution is 2.31. The van der Waals surface area contributed by atoms with Crippen molar-refractivity contribution in [2.24, 2.45) is 0 Å². The van der Waals surface area contributed by atoms with Crippen LogP contribution in [0.15, 0.2) is 53.1 Å². The summed E-state index contributed by atoms with van der Waals surface area (Å²) < 4.78 is 18.6. The fourth-order valence-electron chi connectivity index (χ4n) is 1.92. The number of aromatic hydroxyl groups is 1. The number of rotatable bonds is 1. The van der Waals surface area contributed by atoms with E-state index in [-0.39, 0.29) is 17.1 Å². The van der Waals surface area contributed by atoms with Gasteiger partial charge in [0, 0.05) is 5.39 Å². The molecule has 0 atom stereocenters. The first-order chi connectivity index (χ1) is 8.25. The molecule has 0 radical (unpaired) electrons. The van der Waals surface area contributed by atoms with Crippen LogP contribution in [0, 0.1) is 5.82 Å². The average Bonchev–Trinajstić information content (AvgIpc) is 2.81. The molecule has 0 saturated carbocycles. The van der Waals surface area contributed by atoms with Gasteiger partial charge in [-0.15, -0.1) is 0 Å². The summed E-state index contributed by atoms with van der Waals surface area (Å²) >= 11 is 0. The number of phenolic OH excluding ortho intramolecular Hbond substituents is 1. The van der Waals surface area contributed by atoms with Crippen molar-refractivity contribution >= 4 is 11.0 Å². The van der Waals surface area contributed by atoms with Gasteiger partial charge in [-0.25, -0.2) is 4.39 Å². The molecule has 3 aromatic rings. The molecule has 0 saturated heterocycles. The molecular weight excluding hydrogens is 219 g/mol. The minimum Gasteiger partial charge on any atom is -0.508 e. The summed E-state index contributed by atoms with van der Waals surface area (Å²) in [6.45, 7) is 0. The van der Waals surface area contributed by atoms with Gasteiger partial charge in [-0.1, -0.05) is 18.2 Å². The minimum absolute atomic E-state index is 0.208. The van der Waals surface area contributed by atoms with Crippen LogP contribution in [0.5, 0.6) is 5.75 Å². The van der Waals surface area contributed by atoms with Crippen molar-refractivity contribution in [3.8, 4) is 16.9 Å². The Bertz CT molecular complexity index is 668. The van der Waals surface area contributed by atoms with Crippen LogP contribution in [0.4, 0.5) is 4.39 Å². The summed E-state index contributed by atoms with van der Waals surface area (Å²) in [5, 5.41) is 9.97. The van der Waals surface area contributed by atoms with Crippen molar-refractivity contribution in [1.29, 1.82) is 0 Å². The lowest BCUT2D eigenvalue weighted by Gasteiger charge is -2.03. The second-order valence-electron chi connectivity index (χ2n) is 3.81. The van der Waals surface area contributed by atoms with E-state index in [0.717, 1.165) is 16.5 Å². The first-order valence-corrected chi connectivity index (χ1v) is 5.21. The number of hydrogen-bond acceptors (Lipinski definition) is 2. The number of fused-ring (bicyclic) bond motifs is 1. The van der Waals surface area contributed by atoms with E-state index in [0.29, 0.717) is 0 Å². The lowest BCUT2D eigenvalue weighted by atomic mass is 10.0. The SMILES string of the molecule is Oc1ccc(-c2ccc(F)c3occc23)cc1. The van der Waals surface area contributed by atoms with Crippen LogP contribution in [-0.2, 0) is 0 Å². The molecule has 84 valence electrons. The third-order valence-corrected chi connectivity index (χ3v) is 2.75. The fraction of sp³-hybridized carbons (Fsp3) is 0. The van der Waals surface area contributed by atoms with Crippen molar-refractivity contribution in [2.75, 3.05) is 0 Å². The van der Waals surface area contributed by atoms with E-state index in [2.05, 4.69) is 0 Å². The number of hydrogen-bond donors (Lipinski definition) is 1. The molecule has 2 aromatic carbocycles. The van der Waals surface area contributed by atoms with E-state index in [1.54, 1.807) is 36.4 Å². The van der Waals surface area contributed by atoms with Gasteiger partial charge in [-0.3, -0.25) is 0 Å². The van der Waals surface area contributed by atoms with Gasteiger partial charge >= 0.3 is 0 Å². The zero-order valence-electron chi connectivity index (χ0n) is 8.85. The monoisotopic (exact) mass is 228 g/mol. The molecule has 0 amide bonds. The summed E-state index contributed by atoms with van der Waals surface area (Å²) in [6.07, 6.45) is 1.47. The Kier molecular flexibility index (Phi) is 2.11. The Morgan fingerprint density at radius 3 is 2.47 bits per heavy atom. The van der Waals surface area contributed by atoms with Gasteiger partial charge in [0.25, 0.3) is 0 Å². The predicted molar refractivity (Wildman–Crippen MR) is 63.3 cm³/mol. The lowest BCUT2D eigenvalue weighted by molar-refractivity contribution is 0.475. The van der Waals surface area contributed by atoms with Crippen molar-refractivity contribution in [2.45, 2.75) is 0 Å². The molecule has 1 heterocycles. The summed E-state index contributed by atoms with van der Waals surface area (Å²) in [7, 11) is 0. The van der Waals surface area contributed by atoms with E-state index < -0.39 is 0 Å². The molecule has 0 bridgehead atoms. The van der Waals surface area contributed by atoms with Crippen LogP contribution in [0.25, 0.3) is 22.1 Å². The molecule has 0 aliphatic rings. The maximum absolute atomic E-state index is 13.4. The zero-order chi connectivity index (χ0) is 11.8. The molecule has 0 unspecified atom stereocenters. The number of benzene rings is 2. The molecule has 17 heavy (non-hydrogen) atoms. The maximum atomic E-state index is 13.4. The molecule has 1 N–H and O–H groups in total. The molecule has 0 aliphatic carbocycles. The summed E-state index contributed by atoms with van der Waals surface area (Å²) in [5.74, 6) is -0.160. The second-order valence-corrected chi connectivity index (χ2v) is 3.81. The first kappa shape index (κ1) is 9.90. The van der Waals surface area contributed by atoms with E-state index in [4.69, 9.17) is 4.42 Å². The van der Waals surface area contributed by atoms with Gasteiger partial charge in [-0.05, 0) is 35.4 Å². The Morgan fingerprint density at radius 1 is 0.941 bits per heavy atom. The fourth-order valence-corrected chi connectivity index (χ4v) is 1.92. The summed E-state index contributed by atoms with van der Waals surface area (Å²) in [4.78, 5) is 0. The van der Waals surface area contributed by atoms with E-state index in [1.807, 2.05) is 0 Å². The van der Waals surface area contributed by atoms with E-state index in [9.17, 15) is 9.50 Å². The van der Waals surface area contributed by atoms with E-state index >= 15 is 0 Å². The van der Waals surface area contributed by atoms with Crippen LogP contribution in [0.3, 0.4) is 0 Å². The number of furan rings is 1. The van der Waals surface area contributed by atoms with Crippen molar-refractivity contribution in [1.82, 2.24) is 0 Å². The molecule has 0 spiro atoms. The number of halogens is 1. The van der Waals surface area contributed by atoms with Crippen LogP contribution in [0.1, 0.15) is 0 Å². The quantitative estimate of drug-likeness (QED) is 0.684. The standard InChI is InChI=1S/C14H9FO2/c15-13-6-5-11(12-7-8-17-14(12)13)9-1-3-10(16)4-2-9/h1-8,16H. The summed E-state index contributed by atoms with van der Waals surface area (Å²) in [6, 6.07) is 11.6. The first-order valence-electron chi connectivity index (χ1n) is 5.21. The third-order valence-electron chi connectivity index (χ3n) is 2.75. The molecule has 0 fully saturated rings. The second kappa shape index (κ2) is 3.63. The normalized spacial score (nSPS) is 10.9. The topological polar surface area (TPSA) is 33.4 Å². The largest absolute Gasteiger partial charge is 0.508 e. The van der Waals surface area contributed by atoms with Crippen LogP contribution >= 0.6 is 0 Å². The third kappa shape index (κ3) is 1.56. The zero-order valence-corrected chi connectivity index (χ0v) is 8.85. The Labute approximate surface area is 96.9 Å². The molecule has 3 heteroatoms. The van der Waals surface area contributed by atoms with Gasteiger partial charge < -0.3 is 9.52 Å². The van der Waals surface area contributed by atoms with Crippen molar-refractivity contribution in [3.63, 3.8) is 0 Å². The van der Waals surface area contributed by atoms with Crippen LogP contribution in [0.2, 0.25) is 0 Å². The van der Waals surface area contributed by atoms with Gasteiger partial charge in [0.1, 0.15) is 5.75 Å². The van der Waals surface area contributed by atoms with Gasteiger partial charge in [0.2, 0.25) is 0 Å². The van der Waals surface area contributed by atoms with Crippen molar-refractivity contribution < 1.29 is 13.9 Å². The Hall–Kier alpha value is -2.29. The van der Waals surface area contributed by atoms with Crippen LogP contribution < -0.4 is 0 Å². The molecule has 2 nitrogen and oxygen atoms in total. The van der Waals surface area contributed by atoms with Crippen LogP contribution in [-0.4, -0.2) is 5.11 Å². The molecular formula is C14H9FO2. The van der Waals surface area contributed by atoms with Crippen molar-refractivity contribution in [3.05, 3.63) is 54.5 Å². The molecule has 0 aliphatic heterocycles.